The lowest BCUT2D eigenvalue weighted by molar-refractivity contribution is 0.0690. The van der Waals surface area contributed by atoms with Gasteiger partial charge in [-0.1, -0.05) is 12.1 Å². The molecule has 126 valence electrons. The van der Waals surface area contributed by atoms with Crippen LogP contribution >= 0.6 is 0 Å². The standard InChI is InChI=1S/C17H17F2N3O2/c1-22-8-7-13(16(22)10-5-6-11(18)12(19)9-10)20-15-4-2-3-14(21-15)17(23)24/h2-6,9,13,16H,7-8H2,1H3,(H,20,21)(H,23,24). The van der Waals surface area contributed by atoms with Crippen molar-refractivity contribution in [3.63, 3.8) is 0 Å². The zero-order valence-corrected chi connectivity index (χ0v) is 13.0. The Hall–Kier alpha value is -2.54. The van der Waals surface area contributed by atoms with E-state index >= 15 is 0 Å². The average Bonchev–Trinajstić information content (AvgIpc) is 2.91. The van der Waals surface area contributed by atoms with Crippen molar-refractivity contribution >= 4 is 11.8 Å². The second-order valence-electron chi connectivity index (χ2n) is 5.85. The van der Waals surface area contributed by atoms with Gasteiger partial charge < -0.3 is 10.4 Å². The normalized spacial score (nSPS) is 21.0. The van der Waals surface area contributed by atoms with Crippen LogP contribution in [-0.2, 0) is 0 Å². The SMILES string of the molecule is CN1CCC(Nc2cccc(C(=O)O)n2)C1c1ccc(F)c(F)c1. The van der Waals surface area contributed by atoms with E-state index in [1.54, 1.807) is 18.2 Å². The summed E-state index contributed by atoms with van der Waals surface area (Å²) in [5.41, 5.74) is 0.622. The molecule has 2 unspecified atom stereocenters. The summed E-state index contributed by atoms with van der Waals surface area (Å²) in [5.74, 6) is -2.40. The van der Waals surface area contributed by atoms with Crippen LogP contribution < -0.4 is 5.32 Å². The van der Waals surface area contributed by atoms with Crippen molar-refractivity contribution < 1.29 is 18.7 Å². The van der Waals surface area contributed by atoms with Crippen molar-refractivity contribution in [3.05, 3.63) is 59.3 Å². The van der Waals surface area contributed by atoms with E-state index in [1.807, 2.05) is 11.9 Å². The first-order valence-electron chi connectivity index (χ1n) is 7.58. The van der Waals surface area contributed by atoms with Gasteiger partial charge in [0.05, 0.1) is 6.04 Å². The maximum atomic E-state index is 13.6. The molecule has 0 spiro atoms. The van der Waals surface area contributed by atoms with Gasteiger partial charge in [0.25, 0.3) is 0 Å². The lowest BCUT2D eigenvalue weighted by Crippen LogP contribution is -2.29. The van der Waals surface area contributed by atoms with Crippen LogP contribution in [0, 0.1) is 11.6 Å². The largest absolute Gasteiger partial charge is 0.477 e. The first kappa shape index (κ1) is 16.3. The molecule has 1 saturated heterocycles. The molecule has 0 radical (unpaired) electrons. The number of carbonyl (C=O) groups is 1. The fourth-order valence-electron chi connectivity index (χ4n) is 3.11. The van der Waals surface area contributed by atoms with Crippen LogP contribution in [0.1, 0.15) is 28.5 Å². The van der Waals surface area contributed by atoms with Crippen LogP contribution in [0.5, 0.6) is 0 Å². The van der Waals surface area contributed by atoms with Gasteiger partial charge in [0, 0.05) is 12.6 Å². The average molecular weight is 333 g/mol. The molecule has 1 aromatic heterocycles. The number of carboxylic acids is 1. The Kier molecular flexibility index (Phi) is 4.44. The Morgan fingerprint density at radius 3 is 2.79 bits per heavy atom. The van der Waals surface area contributed by atoms with Gasteiger partial charge in [-0.05, 0) is 43.3 Å². The van der Waals surface area contributed by atoms with E-state index in [0.29, 0.717) is 11.4 Å². The molecule has 0 saturated carbocycles. The quantitative estimate of drug-likeness (QED) is 0.901. The van der Waals surface area contributed by atoms with Crippen molar-refractivity contribution in [2.75, 3.05) is 18.9 Å². The summed E-state index contributed by atoms with van der Waals surface area (Å²) in [6.45, 7) is 0.778. The van der Waals surface area contributed by atoms with Crippen molar-refractivity contribution in [1.29, 1.82) is 0 Å². The van der Waals surface area contributed by atoms with Gasteiger partial charge in [-0.3, -0.25) is 4.90 Å². The number of benzene rings is 1. The molecular weight excluding hydrogens is 316 g/mol. The zero-order valence-electron chi connectivity index (χ0n) is 13.0. The molecule has 2 aromatic rings. The number of hydrogen-bond donors (Lipinski definition) is 2. The van der Waals surface area contributed by atoms with Crippen LogP contribution in [0.25, 0.3) is 0 Å². The lowest BCUT2D eigenvalue weighted by atomic mass is 10.00. The molecule has 1 fully saturated rings. The molecular formula is C17H17F2N3O2. The lowest BCUT2D eigenvalue weighted by Gasteiger charge is -2.26. The van der Waals surface area contributed by atoms with E-state index in [0.717, 1.165) is 19.0 Å². The van der Waals surface area contributed by atoms with E-state index in [9.17, 15) is 13.6 Å². The Morgan fingerprint density at radius 1 is 1.29 bits per heavy atom. The second-order valence-corrected chi connectivity index (χ2v) is 5.85. The molecule has 1 aliphatic rings. The van der Waals surface area contributed by atoms with Crippen molar-refractivity contribution in [2.45, 2.75) is 18.5 Å². The van der Waals surface area contributed by atoms with Gasteiger partial charge in [0.15, 0.2) is 17.3 Å². The number of likely N-dealkylation sites (tertiary alicyclic amines) is 1. The summed E-state index contributed by atoms with van der Waals surface area (Å²) in [7, 11) is 1.91. The summed E-state index contributed by atoms with van der Waals surface area (Å²) in [6, 6.07) is 8.38. The fourth-order valence-corrected chi connectivity index (χ4v) is 3.11. The molecule has 0 aliphatic carbocycles. The Labute approximate surface area is 137 Å². The monoisotopic (exact) mass is 333 g/mol. The fraction of sp³-hybridized carbons (Fsp3) is 0.294. The third kappa shape index (κ3) is 3.21. The van der Waals surface area contributed by atoms with Crippen LogP contribution in [0.15, 0.2) is 36.4 Å². The smallest absolute Gasteiger partial charge is 0.354 e. The third-order valence-electron chi connectivity index (χ3n) is 4.24. The Bertz CT molecular complexity index is 769. The van der Waals surface area contributed by atoms with E-state index in [2.05, 4.69) is 10.3 Å². The third-order valence-corrected chi connectivity index (χ3v) is 4.24. The first-order valence-corrected chi connectivity index (χ1v) is 7.58. The van der Waals surface area contributed by atoms with E-state index in [1.165, 1.54) is 12.1 Å². The summed E-state index contributed by atoms with van der Waals surface area (Å²) in [5, 5.41) is 12.2. The highest BCUT2D eigenvalue weighted by Gasteiger charge is 2.33. The summed E-state index contributed by atoms with van der Waals surface area (Å²) < 4.78 is 26.7. The maximum absolute atomic E-state index is 13.6. The van der Waals surface area contributed by atoms with E-state index in [-0.39, 0.29) is 17.8 Å². The molecule has 24 heavy (non-hydrogen) atoms. The van der Waals surface area contributed by atoms with Crippen LogP contribution in [0.3, 0.4) is 0 Å². The van der Waals surface area contributed by atoms with Crippen LogP contribution in [-0.4, -0.2) is 40.6 Å². The van der Waals surface area contributed by atoms with Gasteiger partial charge in [0.1, 0.15) is 5.82 Å². The molecule has 1 aliphatic heterocycles. The molecule has 5 nitrogen and oxygen atoms in total. The second kappa shape index (κ2) is 6.52. The number of hydrogen-bond acceptors (Lipinski definition) is 4. The number of aromatic carboxylic acids is 1. The molecule has 2 atom stereocenters. The van der Waals surface area contributed by atoms with Gasteiger partial charge in [-0.25, -0.2) is 18.6 Å². The minimum absolute atomic E-state index is 0.0456. The number of anilines is 1. The minimum atomic E-state index is -1.10. The van der Waals surface area contributed by atoms with Crippen molar-refractivity contribution in [1.82, 2.24) is 9.88 Å². The van der Waals surface area contributed by atoms with Crippen molar-refractivity contribution in [2.24, 2.45) is 0 Å². The summed E-state index contributed by atoms with van der Waals surface area (Å²) >= 11 is 0. The van der Waals surface area contributed by atoms with Gasteiger partial charge in [0.2, 0.25) is 0 Å². The number of pyridine rings is 1. The number of aromatic nitrogens is 1. The predicted molar refractivity (Wildman–Crippen MR) is 85.0 cm³/mol. The van der Waals surface area contributed by atoms with Crippen LogP contribution in [0.4, 0.5) is 14.6 Å². The highest BCUT2D eigenvalue weighted by atomic mass is 19.2. The molecule has 0 bridgehead atoms. The van der Waals surface area contributed by atoms with E-state index < -0.39 is 17.6 Å². The summed E-state index contributed by atoms with van der Waals surface area (Å²) in [4.78, 5) is 17.1. The molecule has 2 heterocycles. The minimum Gasteiger partial charge on any atom is -0.477 e. The number of likely N-dealkylation sites (N-methyl/N-ethyl adjacent to an activating group) is 1. The number of halogens is 2. The first-order chi connectivity index (χ1) is 11.5. The number of carboxylic acid groups (broad SMARTS) is 1. The Balaban J connectivity index is 1.85. The van der Waals surface area contributed by atoms with Gasteiger partial charge >= 0.3 is 5.97 Å². The summed E-state index contributed by atoms with van der Waals surface area (Å²) in [6.07, 6.45) is 0.777. The molecule has 7 heteroatoms. The highest BCUT2D eigenvalue weighted by molar-refractivity contribution is 5.85. The van der Waals surface area contributed by atoms with Gasteiger partial charge in [-0.15, -0.1) is 0 Å². The maximum Gasteiger partial charge on any atom is 0.354 e. The Morgan fingerprint density at radius 2 is 2.08 bits per heavy atom. The van der Waals surface area contributed by atoms with E-state index in [4.69, 9.17) is 5.11 Å². The molecule has 0 amide bonds. The highest BCUT2D eigenvalue weighted by Crippen LogP contribution is 2.33. The molecule has 2 N–H and O–H groups in total. The molecule has 1 aromatic carbocycles. The predicted octanol–water partition coefficient (Wildman–Crippen LogP) is 2.92. The molecule has 3 rings (SSSR count). The van der Waals surface area contributed by atoms with Gasteiger partial charge in [-0.2, -0.15) is 0 Å². The zero-order chi connectivity index (χ0) is 17.3. The topological polar surface area (TPSA) is 65.5 Å². The number of nitrogens with zero attached hydrogens (tertiary/aromatic N) is 2. The van der Waals surface area contributed by atoms with Crippen LogP contribution in [0.2, 0.25) is 0 Å². The number of nitrogens with one attached hydrogen (secondary N) is 1. The number of rotatable bonds is 4. The van der Waals surface area contributed by atoms with Crippen molar-refractivity contribution in [3.8, 4) is 0 Å².